The monoisotopic (exact) mass is 906 g/mol. The summed E-state index contributed by atoms with van der Waals surface area (Å²) in [7, 11) is 0. The van der Waals surface area contributed by atoms with Crippen LogP contribution in [0.15, 0.2) is 267 Å². The van der Waals surface area contributed by atoms with Gasteiger partial charge in [0.25, 0.3) is 0 Å². The van der Waals surface area contributed by atoms with Gasteiger partial charge in [-0.2, -0.15) is 0 Å². The Labute approximate surface area is 415 Å². The number of hydrogen-bond donors (Lipinski definition) is 0. The number of para-hydroxylation sites is 2. The topological polar surface area (TPSA) is 8.17 Å². The number of fused-ring (bicyclic) bond motifs is 5. The molecule has 12 aromatic rings. The number of hydrogen-bond acceptors (Lipinski definition) is 1. The van der Waals surface area contributed by atoms with E-state index in [0.717, 1.165) is 51.3 Å². The predicted octanol–water partition coefficient (Wildman–Crippen LogP) is 19.3. The molecule has 0 radical (unpaired) electrons. The van der Waals surface area contributed by atoms with Crippen LogP contribution in [0.3, 0.4) is 0 Å². The van der Waals surface area contributed by atoms with Crippen LogP contribution in [0.25, 0.3) is 105 Å². The normalized spacial score (nSPS) is 13.5. The predicted molar refractivity (Wildman–Crippen MR) is 304 cm³/mol. The number of rotatable bonds is 9. The highest BCUT2D eigenvalue weighted by atomic mass is 15.1. The van der Waals surface area contributed by atoms with Gasteiger partial charge in [0, 0.05) is 33.3 Å². The molecule has 0 bridgehead atoms. The summed E-state index contributed by atoms with van der Waals surface area (Å²) in [5.74, 6) is 0.528. The Morgan fingerprint density at radius 1 is 0.380 bits per heavy atom. The smallest absolute Gasteiger partial charge is 0.0547 e. The maximum Gasteiger partial charge on any atom is 0.0547 e. The van der Waals surface area contributed by atoms with Crippen LogP contribution in [0.1, 0.15) is 13.3 Å². The first-order valence-corrected chi connectivity index (χ1v) is 24.8. The number of anilines is 3. The van der Waals surface area contributed by atoms with Crippen LogP contribution in [0, 0.1) is 5.92 Å². The molecule has 1 aliphatic carbocycles. The van der Waals surface area contributed by atoms with Crippen molar-refractivity contribution < 1.29 is 0 Å². The summed E-state index contributed by atoms with van der Waals surface area (Å²) in [6.45, 7) is 2.29. The molecule has 11 aromatic carbocycles. The summed E-state index contributed by atoms with van der Waals surface area (Å²) in [6, 6.07) is 91.6. The van der Waals surface area contributed by atoms with Crippen LogP contribution in [0.5, 0.6) is 0 Å². The third-order valence-corrected chi connectivity index (χ3v) is 14.5. The largest absolute Gasteiger partial charge is 0.310 e. The fourth-order valence-corrected chi connectivity index (χ4v) is 11.2. The molecule has 0 N–H and O–H groups in total. The fraction of sp³-hybridized carbons (Fsp3) is 0.0435. The zero-order chi connectivity index (χ0) is 47.3. The standard InChI is InChI=1S/C69H50N2/c1-47-39-42-54(43-40-47)70-65-37-13-11-31-63(65)69-60(34-18-38-66(69)70)52-27-14-28-55(45-52)71(64-36-12-10-30-61(64)62-35-17-26-51-25-16-33-59(68(51)62)50-21-6-3-7-22-50)67-46-53(41-44-58(67)49-19-4-2-5-20-49)57-32-15-24-48-23-8-9-29-56(48)57/h2-39,41-47H,40H2,1H3. The maximum atomic E-state index is 2.53. The van der Waals surface area contributed by atoms with E-state index in [9.17, 15) is 0 Å². The molecule has 1 unspecified atom stereocenters. The third kappa shape index (κ3) is 7.44. The second-order valence-electron chi connectivity index (χ2n) is 18.9. The van der Waals surface area contributed by atoms with Crippen molar-refractivity contribution in [2.75, 3.05) is 4.90 Å². The summed E-state index contributed by atoms with van der Waals surface area (Å²) >= 11 is 0. The Hall–Kier alpha value is -8.98. The van der Waals surface area contributed by atoms with E-state index in [1.165, 1.54) is 76.9 Å². The number of benzene rings is 11. The van der Waals surface area contributed by atoms with Gasteiger partial charge in [-0.1, -0.05) is 231 Å². The van der Waals surface area contributed by atoms with Crippen LogP contribution < -0.4 is 4.90 Å². The van der Waals surface area contributed by atoms with E-state index in [-0.39, 0.29) is 0 Å². The molecule has 1 heterocycles. The molecule has 336 valence electrons. The molecule has 1 aliphatic rings. The molecule has 13 rings (SSSR count). The lowest BCUT2D eigenvalue weighted by atomic mass is 9.90. The van der Waals surface area contributed by atoms with Crippen molar-refractivity contribution in [3.05, 3.63) is 267 Å². The second kappa shape index (κ2) is 17.8. The van der Waals surface area contributed by atoms with Gasteiger partial charge in [-0.3, -0.25) is 0 Å². The average Bonchev–Trinajstić information content (AvgIpc) is 3.78. The van der Waals surface area contributed by atoms with E-state index in [2.05, 4.69) is 283 Å². The first kappa shape index (κ1) is 42.1. The minimum Gasteiger partial charge on any atom is -0.310 e. The minimum absolute atomic E-state index is 0.528. The summed E-state index contributed by atoms with van der Waals surface area (Å²) in [4.78, 5) is 2.53. The highest BCUT2D eigenvalue weighted by Crippen LogP contribution is 2.50. The van der Waals surface area contributed by atoms with Gasteiger partial charge in [-0.15, -0.1) is 0 Å². The van der Waals surface area contributed by atoms with Gasteiger partial charge in [-0.25, -0.2) is 0 Å². The van der Waals surface area contributed by atoms with E-state index in [1.807, 2.05) is 0 Å². The summed E-state index contributed by atoms with van der Waals surface area (Å²) in [5, 5.41) is 7.39. The van der Waals surface area contributed by atoms with Crippen molar-refractivity contribution in [1.82, 2.24) is 4.57 Å². The lowest BCUT2D eigenvalue weighted by Gasteiger charge is -2.31. The molecule has 0 spiro atoms. The molecule has 0 amide bonds. The Morgan fingerprint density at radius 2 is 0.944 bits per heavy atom. The van der Waals surface area contributed by atoms with Gasteiger partial charge in [0.15, 0.2) is 0 Å². The molecule has 1 aromatic heterocycles. The molecule has 0 saturated carbocycles. The zero-order valence-corrected chi connectivity index (χ0v) is 39.6. The Balaban J connectivity index is 1.09. The molecular formula is C69H50N2. The van der Waals surface area contributed by atoms with Crippen LogP contribution >= 0.6 is 0 Å². The van der Waals surface area contributed by atoms with Crippen LogP contribution in [-0.4, -0.2) is 4.57 Å². The SMILES string of the molecule is CC1C=CC(n2c3ccccc3c3c(-c4cccc(N(c5cc(-c6cccc7ccccc67)ccc5-c5ccccc5)c5ccccc5-c5cccc6cccc(-c7ccccc7)c56)c4)cccc32)=CC1. The second-order valence-corrected chi connectivity index (χ2v) is 18.9. The van der Waals surface area contributed by atoms with E-state index in [0.29, 0.717) is 5.92 Å². The third-order valence-electron chi connectivity index (χ3n) is 14.5. The highest BCUT2D eigenvalue weighted by Gasteiger charge is 2.25. The number of allylic oxidation sites excluding steroid dienone is 4. The fourth-order valence-electron chi connectivity index (χ4n) is 11.2. The van der Waals surface area contributed by atoms with Crippen molar-refractivity contribution in [2.45, 2.75) is 13.3 Å². The Bertz CT molecular complexity index is 4030. The van der Waals surface area contributed by atoms with Crippen molar-refractivity contribution in [1.29, 1.82) is 0 Å². The molecule has 0 aliphatic heterocycles. The van der Waals surface area contributed by atoms with Gasteiger partial charge in [0.1, 0.15) is 0 Å². The molecule has 1 atom stereocenters. The van der Waals surface area contributed by atoms with Gasteiger partial charge < -0.3 is 9.47 Å². The van der Waals surface area contributed by atoms with Gasteiger partial charge in [-0.05, 0) is 121 Å². The summed E-state index contributed by atoms with van der Waals surface area (Å²) in [6.07, 6.45) is 8.07. The quantitative estimate of drug-likeness (QED) is 0.140. The Morgan fingerprint density at radius 3 is 1.73 bits per heavy atom. The van der Waals surface area contributed by atoms with E-state index in [4.69, 9.17) is 0 Å². The number of nitrogens with zero attached hydrogens (tertiary/aromatic N) is 2. The lowest BCUT2D eigenvalue weighted by molar-refractivity contribution is 0.735. The van der Waals surface area contributed by atoms with Crippen molar-refractivity contribution in [2.24, 2.45) is 5.92 Å². The molecule has 2 heteroatoms. The van der Waals surface area contributed by atoms with Crippen LogP contribution in [-0.2, 0) is 0 Å². The van der Waals surface area contributed by atoms with Crippen molar-refractivity contribution in [3.8, 4) is 55.6 Å². The van der Waals surface area contributed by atoms with E-state index >= 15 is 0 Å². The number of aromatic nitrogens is 1. The maximum absolute atomic E-state index is 2.53. The van der Waals surface area contributed by atoms with Crippen LogP contribution in [0.2, 0.25) is 0 Å². The molecular weight excluding hydrogens is 857 g/mol. The first-order chi connectivity index (χ1) is 35.2. The van der Waals surface area contributed by atoms with Gasteiger partial charge in [0.2, 0.25) is 0 Å². The zero-order valence-electron chi connectivity index (χ0n) is 39.6. The molecule has 0 fully saturated rings. The van der Waals surface area contributed by atoms with E-state index in [1.54, 1.807) is 0 Å². The Kier molecular flexibility index (Phi) is 10.6. The van der Waals surface area contributed by atoms with Crippen molar-refractivity contribution >= 4 is 66.1 Å². The van der Waals surface area contributed by atoms with Gasteiger partial charge in [0.05, 0.1) is 22.4 Å². The summed E-state index contributed by atoms with van der Waals surface area (Å²) < 4.78 is 2.46. The van der Waals surface area contributed by atoms with E-state index < -0.39 is 0 Å². The lowest BCUT2D eigenvalue weighted by Crippen LogP contribution is -2.13. The molecule has 0 saturated heterocycles. The molecule has 71 heavy (non-hydrogen) atoms. The van der Waals surface area contributed by atoms with Crippen molar-refractivity contribution in [3.63, 3.8) is 0 Å². The van der Waals surface area contributed by atoms with Gasteiger partial charge >= 0.3 is 0 Å². The van der Waals surface area contributed by atoms with Crippen LogP contribution in [0.4, 0.5) is 17.1 Å². The average molecular weight is 907 g/mol. The molecule has 2 nitrogen and oxygen atoms in total. The summed E-state index contributed by atoms with van der Waals surface area (Å²) in [5.41, 5.74) is 18.7. The minimum atomic E-state index is 0.528. The highest BCUT2D eigenvalue weighted by molar-refractivity contribution is 6.17. The first-order valence-electron chi connectivity index (χ1n) is 24.8.